The Morgan fingerprint density at radius 1 is 1.14 bits per heavy atom. The summed E-state index contributed by atoms with van der Waals surface area (Å²) >= 11 is 0. The van der Waals surface area contributed by atoms with Crippen molar-refractivity contribution in [2.24, 2.45) is 0 Å². The van der Waals surface area contributed by atoms with Crippen molar-refractivity contribution < 1.29 is 13.6 Å². The molecule has 0 radical (unpaired) electrons. The van der Waals surface area contributed by atoms with Gasteiger partial charge in [0.1, 0.15) is 18.2 Å². The van der Waals surface area contributed by atoms with Crippen LogP contribution in [-0.4, -0.2) is 16.6 Å². The zero-order valence-corrected chi connectivity index (χ0v) is 20.1. The van der Waals surface area contributed by atoms with E-state index in [-0.39, 0.29) is 18.7 Å². The van der Waals surface area contributed by atoms with Crippen molar-refractivity contribution in [3.63, 3.8) is 0 Å². The molecule has 0 saturated carbocycles. The molecule has 2 aromatic carbocycles. The van der Waals surface area contributed by atoms with E-state index in [0.717, 1.165) is 46.5 Å². The number of pyridine rings is 1. The second kappa shape index (κ2) is 10.8. The first-order valence-electron chi connectivity index (χ1n) is 11.7. The number of allylic oxidation sites excluding steroid dienone is 1. The highest BCUT2D eigenvalue weighted by Gasteiger charge is 2.24. The third-order valence-corrected chi connectivity index (χ3v) is 6.11. The number of halogens is 2. The first-order valence-corrected chi connectivity index (χ1v) is 11.7. The molecule has 2 heterocycles. The van der Waals surface area contributed by atoms with Crippen molar-refractivity contribution in [2.75, 3.05) is 7.05 Å². The van der Waals surface area contributed by atoms with Gasteiger partial charge in [-0.3, -0.25) is 9.63 Å². The summed E-state index contributed by atoms with van der Waals surface area (Å²) < 4.78 is 30.3. The number of aromatic nitrogens is 2. The lowest BCUT2D eigenvalue weighted by Crippen LogP contribution is -2.14. The lowest BCUT2D eigenvalue weighted by atomic mass is 9.94. The van der Waals surface area contributed by atoms with Gasteiger partial charge >= 0.3 is 0 Å². The van der Waals surface area contributed by atoms with E-state index in [4.69, 9.17) is 4.84 Å². The molecule has 0 bridgehead atoms. The van der Waals surface area contributed by atoms with E-state index < -0.39 is 11.6 Å². The van der Waals surface area contributed by atoms with Crippen molar-refractivity contribution >= 4 is 17.0 Å². The Kier molecular flexibility index (Phi) is 7.58. The first kappa shape index (κ1) is 24.6. The van der Waals surface area contributed by atoms with Crippen LogP contribution in [0.25, 0.3) is 28.1 Å². The van der Waals surface area contributed by atoms with Crippen LogP contribution in [0.5, 0.6) is 0 Å². The molecular formula is C28H29F2N3O2. The maximum Gasteiger partial charge on any atom is 0.255 e. The average Bonchev–Trinajstić information content (AvgIpc) is 3.14. The maximum atomic E-state index is 14.7. The molecule has 35 heavy (non-hydrogen) atoms. The van der Waals surface area contributed by atoms with Gasteiger partial charge < -0.3 is 9.55 Å². The number of nitrogens with zero attached hydrogens (tertiary/aromatic N) is 1. The van der Waals surface area contributed by atoms with Crippen LogP contribution in [0.3, 0.4) is 0 Å². The van der Waals surface area contributed by atoms with Crippen LogP contribution in [0.4, 0.5) is 8.78 Å². The Morgan fingerprint density at radius 3 is 2.63 bits per heavy atom. The monoisotopic (exact) mass is 477 g/mol. The van der Waals surface area contributed by atoms with Crippen LogP contribution in [0, 0.1) is 11.6 Å². The van der Waals surface area contributed by atoms with Gasteiger partial charge in [0.25, 0.3) is 5.56 Å². The van der Waals surface area contributed by atoms with Crippen molar-refractivity contribution in [1.82, 2.24) is 15.0 Å². The van der Waals surface area contributed by atoms with E-state index >= 15 is 0 Å². The summed E-state index contributed by atoms with van der Waals surface area (Å²) in [5, 5.41) is 0.906. The van der Waals surface area contributed by atoms with E-state index in [9.17, 15) is 13.6 Å². The SMILES string of the molecule is C/C=C\c1c(CCC)ccc2c1c(-c1ccc[nH]c1=O)c(CONC)n2Cc1ccc(F)cc1F. The Labute approximate surface area is 203 Å². The van der Waals surface area contributed by atoms with Crippen molar-refractivity contribution in [3.8, 4) is 11.1 Å². The van der Waals surface area contributed by atoms with Crippen LogP contribution in [-0.2, 0) is 24.4 Å². The normalized spacial score (nSPS) is 11.7. The minimum Gasteiger partial charge on any atom is -0.337 e. The van der Waals surface area contributed by atoms with Crippen LogP contribution in [0.15, 0.2) is 59.5 Å². The van der Waals surface area contributed by atoms with Gasteiger partial charge in [-0.2, -0.15) is 0 Å². The van der Waals surface area contributed by atoms with Crippen LogP contribution >= 0.6 is 0 Å². The van der Waals surface area contributed by atoms with E-state index in [1.165, 1.54) is 12.1 Å². The molecule has 0 fully saturated rings. The number of hydroxylamine groups is 1. The summed E-state index contributed by atoms with van der Waals surface area (Å²) in [4.78, 5) is 21.4. The smallest absolute Gasteiger partial charge is 0.255 e. The van der Waals surface area contributed by atoms with Gasteiger partial charge in [-0.25, -0.2) is 14.3 Å². The molecule has 0 aliphatic carbocycles. The molecule has 7 heteroatoms. The predicted molar refractivity (Wildman–Crippen MR) is 136 cm³/mol. The van der Waals surface area contributed by atoms with Crippen molar-refractivity contribution in [3.05, 3.63) is 99.1 Å². The maximum absolute atomic E-state index is 14.7. The zero-order chi connectivity index (χ0) is 24.9. The van der Waals surface area contributed by atoms with Crippen LogP contribution < -0.4 is 11.0 Å². The van der Waals surface area contributed by atoms with Gasteiger partial charge in [0.15, 0.2) is 0 Å². The largest absolute Gasteiger partial charge is 0.337 e. The Bertz CT molecular complexity index is 1440. The van der Waals surface area contributed by atoms with E-state index in [2.05, 4.69) is 29.5 Å². The summed E-state index contributed by atoms with van der Waals surface area (Å²) in [6, 6.07) is 11.3. The number of nitrogens with one attached hydrogen (secondary N) is 2. The number of rotatable bonds is 9. The molecule has 0 unspecified atom stereocenters. The van der Waals surface area contributed by atoms with E-state index in [1.807, 2.05) is 23.6 Å². The fourth-order valence-electron chi connectivity index (χ4n) is 4.61. The molecule has 0 saturated heterocycles. The fraction of sp³-hybridized carbons (Fsp3) is 0.250. The second-order valence-electron chi connectivity index (χ2n) is 8.33. The molecule has 182 valence electrons. The molecule has 0 aliphatic rings. The second-order valence-corrected chi connectivity index (χ2v) is 8.33. The van der Waals surface area contributed by atoms with Crippen LogP contribution in [0.1, 0.15) is 42.7 Å². The zero-order valence-electron chi connectivity index (χ0n) is 20.1. The van der Waals surface area contributed by atoms with Crippen LogP contribution in [0.2, 0.25) is 0 Å². The molecule has 4 rings (SSSR count). The van der Waals surface area contributed by atoms with E-state index in [1.54, 1.807) is 25.4 Å². The molecular weight excluding hydrogens is 448 g/mol. The lowest BCUT2D eigenvalue weighted by molar-refractivity contribution is 0.0413. The minimum atomic E-state index is -0.626. The first-order chi connectivity index (χ1) is 17.0. The highest BCUT2D eigenvalue weighted by atomic mass is 19.1. The number of hydrogen-bond donors (Lipinski definition) is 2. The van der Waals surface area contributed by atoms with Gasteiger partial charge in [0.2, 0.25) is 0 Å². The third kappa shape index (κ3) is 4.83. The summed E-state index contributed by atoms with van der Waals surface area (Å²) in [5.41, 5.74) is 7.81. The number of aromatic amines is 1. The Balaban J connectivity index is 2.12. The van der Waals surface area contributed by atoms with Gasteiger partial charge in [-0.05, 0) is 48.7 Å². The molecule has 4 aromatic rings. The summed E-state index contributed by atoms with van der Waals surface area (Å²) in [6.07, 6.45) is 7.47. The molecule has 2 aromatic heterocycles. The topological polar surface area (TPSA) is 59.1 Å². The molecule has 0 aliphatic heterocycles. The predicted octanol–water partition coefficient (Wildman–Crippen LogP) is 5.96. The summed E-state index contributed by atoms with van der Waals surface area (Å²) in [6.45, 7) is 4.37. The summed E-state index contributed by atoms with van der Waals surface area (Å²) in [7, 11) is 1.66. The van der Waals surface area contributed by atoms with E-state index in [0.29, 0.717) is 16.8 Å². The highest BCUT2D eigenvalue weighted by Crippen LogP contribution is 2.39. The quantitative estimate of drug-likeness (QED) is 0.293. The minimum absolute atomic E-state index is 0.135. The van der Waals surface area contributed by atoms with Crippen molar-refractivity contribution in [1.29, 1.82) is 0 Å². The molecule has 0 spiro atoms. The van der Waals surface area contributed by atoms with Gasteiger partial charge in [-0.15, -0.1) is 0 Å². The summed E-state index contributed by atoms with van der Waals surface area (Å²) in [5.74, 6) is -1.25. The Morgan fingerprint density at radius 2 is 1.94 bits per heavy atom. The van der Waals surface area contributed by atoms with Gasteiger partial charge in [0, 0.05) is 46.9 Å². The number of benzene rings is 2. The van der Waals surface area contributed by atoms with Gasteiger partial charge in [0.05, 0.1) is 12.2 Å². The lowest BCUT2D eigenvalue weighted by Gasteiger charge is -2.13. The number of aryl methyl sites for hydroxylation is 1. The highest BCUT2D eigenvalue weighted by molar-refractivity contribution is 6.04. The number of hydrogen-bond acceptors (Lipinski definition) is 3. The van der Waals surface area contributed by atoms with Gasteiger partial charge in [-0.1, -0.05) is 37.6 Å². The number of H-pyrrole nitrogens is 1. The molecule has 2 N–H and O–H groups in total. The molecule has 0 atom stereocenters. The molecule has 0 amide bonds. The average molecular weight is 478 g/mol. The standard InChI is InChI=1S/C28H29F2N3O2/c1-4-7-18-11-13-24-26(21(18)8-5-2)27(22-9-6-14-32-28(22)34)25(17-35-31-3)33(24)16-19-10-12-20(29)15-23(19)30/h5-6,8-15,31H,4,7,16-17H2,1-3H3,(H,32,34)/b8-5-. The van der Waals surface area contributed by atoms with Crippen molar-refractivity contribution in [2.45, 2.75) is 39.8 Å². The third-order valence-electron chi connectivity index (χ3n) is 6.11. The number of fused-ring (bicyclic) bond motifs is 1. The Hall–Kier alpha value is -3.55. The fourth-order valence-corrected chi connectivity index (χ4v) is 4.61. The molecule has 5 nitrogen and oxygen atoms in total.